The van der Waals surface area contributed by atoms with Gasteiger partial charge in [0.15, 0.2) is 5.88 Å². The van der Waals surface area contributed by atoms with Gasteiger partial charge in [-0.05, 0) is 97.7 Å². The molecule has 68 heavy (non-hydrogen) atoms. The largest absolute Gasteiger partial charge is 0.507 e. The summed E-state index contributed by atoms with van der Waals surface area (Å²) in [5.74, 6) is 2.43. The molecule has 8 heteroatoms. The van der Waals surface area contributed by atoms with E-state index in [-0.39, 0.29) is 48.5 Å². The molecule has 0 saturated heterocycles. The number of allylic oxidation sites excluding steroid dienone is 3. The van der Waals surface area contributed by atoms with Gasteiger partial charge in [0.25, 0.3) is 0 Å². The van der Waals surface area contributed by atoms with E-state index in [1.54, 1.807) is 0 Å². The molecule has 0 spiro atoms. The van der Waals surface area contributed by atoms with Crippen LogP contribution < -0.4 is 15.8 Å². The molecule has 7 aromatic rings. The van der Waals surface area contributed by atoms with Crippen molar-refractivity contribution < 1.29 is 30.9 Å². The molecule has 346 valence electrons. The van der Waals surface area contributed by atoms with Crippen LogP contribution in [-0.2, 0) is 42.7 Å². The number of phenols is 1. The van der Waals surface area contributed by atoms with Gasteiger partial charge in [0.2, 0.25) is 0 Å². The van der Waals surface area contributed by atoms with E-state index in [9.17, 15) is 5.11 Å². The maximum atomic E-state index is 12.7. The van der Waals surface area contributed by atoms with Crippen molar-refractivity contribution >= 4 is 24.0 Å². The van der Waals surface area contributed by atoms with Crippen LogP contribution in [0.1, 0.15) is 111 Å². The minimum Gasteiger partial charge on any atom is -0.507 e. The molecular weight excluding hydrogens is 1010 g/mol. The van der Waals surface area contributed by atoms with Crippen molar-refractivity contribution in [1.29, 1.82) is 0 Å². The van der Waals surface area contributed by atoms with Crippen molar-refractivity contribution in [3.8, 4) is 62.1 Å². The number of imidazole rings is 1. The Balaban J connectivity index is 0.00000578. The van der Waals surface area contributed by atoms with E-state index in [0.717, 1.165) is 90.0 Å². The Morgan fingerprint density at radius 3 is 1.94 bits per heavy atom. The SMILES string of the molecule is CC(C)(C)c1ccc(-n2c(-c3cc(C(C)(C)C)cc(C(C)(C)C)c3O)nc3c2C=C2C=CC=C4Oc5c([c-]c(-c6cc(-c7ccccc7)ccn6)cc5C(C)(C)C)B3N24)c(-c2ccccc2)c1.[Pt]. The molecule has 1 N–H and O–H groups in total. The summed E-state index contributed by atoms with van der Waals surface area (Å²) in [5.41, 5.74) is 14.8. The fraction of sp³-hybridized carbons (Fsp3) is 0.267. The second-order valence-corrected chi connectivity index (χ2v) is 22.5. The monoisotopic (exact) mass is 1070 g/mol. The van der Waals surface area contributed by atoms with Gasteiger partial charge in [-0.25, -0.2) is 4.98 Å². The van der Waals surface area contributed by atoms with E-state index in [1.165, 1.54) is 5.56 Å². The second-order valence-electron chi connectivity index (χ2n) is 22.5. The summed E-state index contributed by atoms with van der Waals surface area (Å²) in [6.45, 7) is 26.3. The molecule has 6 nitrogen and oxygen atoms in total. The first-order valence-corrected chi connectivity index (χ1v) is 23.6. The van der Waals surface area contributed by atoms with Crippen LogP contribution in [0.2, 0.25) is 0 Å². The van der Waals surface area contributed by atoms with Gasteiger partial charge in [0, 0.05) is 49.8 Å². The average Bonchev–Trinajstić information content (AvgIpc) is 3.66. The summed E-state index contributed by atoms with van der Waals surface area (Å²) in [5, 5.41) is 12.7. The molecule has 5 aromatic carbocycles. The minimum atomic E-state index is -0.433. The van der Waals surface area contributed by atoms with E-state index >= 15 is 0 Å². The third-order valence-electron chi connectivity index (χ3n) is 13.5. The molecule has 0 saturated carbocycles. The Labute approximate surface area is 417 Å². The number of benzene rings is 5. The van der Waals surface area contributed by atoms with E-state index in [4.69, 9.17) is 14.7 Å². The van der Waals surface area contributed by atoms with Gasteiger partial charge in [0.05, 0.1) is 22.5 Å². The molecular formula is C60H60BN4O2Pt-. The maximum Gasteiger partial charge on any atom is 0.338 e. The Morgan fingerprint density at radius 2 is 1.29 bits per heavy atom. The van der Waals surface area contributed by atoms with Gasteiger partial charge >= 0.3 is 6.85 Å². The summed E-state index contributed by atoms with van der Waals surface area (Å²) < 4.78 is 9.36. The van der Waals surface area contributed by atoms with Crippen LogP contribution in [0.3, 0.4) is 0 Å². The number of aromatic nitrogens is 3. The van der Waals surface area contributed by atoms with Crippen molar-refractivity contribution in [3.05, 3.63) is 179 Å². The molecule has 10 rings (SSSR count). The zero-order chi connectivity index (χ0) is 47.4. The first-order valence-electron chi connectivity index (χ1n) is 23.6. The van der Waals surface area contributed by atoms with Crippen LogP contribution in [0.4, 0.5) is 0 Å². The molecule has 0 bridgehead atoms. The van der Waals surface area contributed by atoms with Crippen molar-refractivity contribution in [2.45, 2.75) is 105 Å². The Kier molecular flexibility index (Phi) is 11.6. The Hall–Kier alpha value is -6.17. The van der Waals surface area contributed by atoms with Crippen molar-refractivity contribution in [2.24, 2.45) is 0 Å². The first-order chi connectivity index (χ1) is 31.7. The molecule has 2 aromatic heterocycles. The fourth-order valence-electron chi connectivity index (χ4n) is 9.68. The summed E-state index contributed by atoms with van der Waals surface area (Å²) >= 11 is 0. The Morgan fingerprint density at radius 1 is 0.647 bits per heavy atom. The molecule has 0 atom stereocenters. The molecule has 0 amide bonds. The van der Waals surface area contributed by atoms with Gasteiger partial charge in [-0.1, -0.05) is 179 Å². The van der Waals surface area contributed by atoms with Crippen LogP contribution in [-0.4, -0.2) is 31.3 Å². The molecule has 0 aliphatic carbocycles. The summed E-state index contributed by atoms with van der Waals surface area (Å²) in [4.78, 5) is 13.1. The van der Waals surface area contributed by atoms with Crippen LogP contribution in [0.25, 0.3) is 56.7 Å². The van der Waals surface area contributed by atoms with Crippen LogP contribution in [0, 0.1) is 6.07 Å². The standard InChI is InChI=1S/C60H60BN4O2.Pt/c1-57(2,3)41-26-27-50(44(33-41)38-22-17-14-18-23-38)64-51-36-43-24-19-25-52-65(43)61(55(51)63-56(64)45-34-42(58(4,5)6)35-46(53(45)66)59(7,8)9)48-31-40(30-47(54(48)67-52)60(10,11)12)49-32-39(28-29-62-49)37-20-15-13-16-21-37;/h13-30,32-36,66H,1-12H3;/q-1;. The molecule has 3 aliphatic heterocycles. The van der Waals surface area contributed by atoms with Crippen LogP contribution in [0.15, 0.2) is 145 Å². The fourth-order valence-corrected chi connectivity index (χ4v) is 9.68. The maximum absolute atomic E-state index is 12.7. The van der Waals surface area contributed by atoms with Gasteiger partial charge in [0.1, 0.15) is 11.6 Å². The Bertz CT molecular complexity index is 3210. The number of fused-ring (bicyclic) bond motifs is 4. The van der Waals surface area contributed by atoms with E-state index in [0.29, 0.717) is 11.4 Å². The van der Waals surface area contributed by atoms with E-state index in [1.807, 2.05) is 18.3 Å². The minimum absolute atomic E-state index is 0. The first kappa shape index (κ1) is 46.9. The molecule has 0 fully saturated rings. The number of ether oxygens (including phenoxy) is 1. The molecule has 0 unspecified atom stereocenters. The number of hydrogen-bond donors (Lipinski definition) is 1. The van der Waals surface area contributed by atoms with Crippen molar-refractivity contribution in [1.82, 2.24) is 19.3 Å². The van der Waals surface area contributed by atoms with Crippen molar-refractivity contribution in [2.75, 3.05) is 0 Å². The number of rotatable bonds is 5. The summed E-state index contributed by atoms with van der Waals surface area (Å²) in [7, 11) is 0. The zero-order valence-electron chi connectivity index (χ0n) is 41.3. The quantitative estimate of drug-likeness (QED) is 0.137. The predicted molar refractivity (Wildman–Crippen MR) is 278 cm³/mol. The smallest absolute Gasteiger partial charge is 0.338 e. The molecule has 0 radical (unpaired) electrons. The number of hydrogen-bond acceptors (Lipinski definition) is 5. The van der Waals surface area contributed by atoms with Crippen molar-refractivity contribution in [3.63, 3.8) is 0 Å². The molecule has 3 aliphatic rings. The normalized spacial score (nSPS) is 14.3. The van der Waals surface area contributed by atoms with Crippen LogP contribution in [0.5, 0.6) is 11.5 Å². The van der Waals surface area contributed by atoms with Gasteiger partial charge < -0.3 is 19.6 Å². The number of phenolic OH excluding ortho intramolecular Hbond substituents is 1. The van der Waals surface area contributed by atoms with Gasteiger partial charge in [-0.3, -0.25) is 4.57 Å². The number of aromatic hydroxyl groups is 1. The summed E-state index contributed by atoms with van der Waals surface area (Å²) in [6.07, 6.45) is 10.4. The number of pyridine rings is 1. The van der Waals surface area contributed by atoms with E-state index < -0.39 is 6.85 Å². The average molecular weight is 1080 g/mol. The predicted octanol–water partition coefficient (Wildman–Crippen LogP) is 13.2. The summed E-state index contributed by atoms with van der Waals surface area (Å²) in [6, 6.07) is 42.6. The number of nitrogens with zero attached hydrogens (tertiary/aromatic N) is 4. The topological polar surface area (TPSA) is 63.4 Å². The van der Waals surface area contributed by atoms with Crippen LogP contribution >= 0.6 is 0 Å². The van der Waals surface area contributed by atoms with Gasteiger partial charge in [-0.2, -0.15) is 0 Å². The third kappa shape index (κ3) is 8.21. The van der Waals surface area contributed by atoms with Gasteiger partial charge in [-0.15, -0.1) is 17.7 Å². The van der Waals surface area contributed by atoms with E-state index in [2.05, 4.69) is 220 Å². The second kappa shape index (κ2) is 16.8. The third-order valence-corrected chi connectivity index (χ3v) is 13.5. The molecule has 5 heterocycles. The zero-order valence-corrected chi connectivity index (χ0v) is 43.6.